The fraction of sp³-hybridized carbons (Fsp3) is 0.400. The number of hydrogen-bond donors (Lipinski definition) is 2. The number of hydrogen-bond acceptors (Lipinski definition) is 4. The average molecular weight is 339 g/mol. The number of nitrogens with zero attached hydrogens (tertiary/aromatic N) is 2. The molecular weight excluding hydrogens is 320 g/mol. The molecule has 1 aromatic carbocycles. The van der Waals surface area contributed by atoms with E-state index < -0.39 is 0 Å². The number of aromatic amines is 1. The first-order valence-corrected chi connectivity index (χ1v) is 8.35. The van der Waals surface area contributed by atoms with Gasteiger partial charge in [0, 0.05) is 5.92 Å². The quantitative estimate of drug-likeness (QED) is 0.810. The van der Waals surface area contributed by atoms with Gasteiger partial charge in [-0.1, -0.05) is 43.3 Å². The lowest BCUT2D eigenvalue weighted by Crippen LogP contribution is -2.15. The lowest BCUT2D eigenvalue weighted by molar-refractivity contribution is -0.113. The van der Waals surface area contributed by atoms with Crippen LogP contribution >= 0.6 is 23.4 Å². The van der Waals surface area contributed by atoms with E-state index >= 15 is 0 Å². The maximum absolute atomic E-state index is 12.1. The largest absolute Gasteiger partial charge is 0.324 e. The monoisotopic (exact) mass is 338 g/mol. The minimum atomic E-state index is -0.130. The average Bonchev–Trinajstić information content (AvgIpc) is 2.89. The van der Waals surface area contributed by atoms with E-state index in [9.17, 15) is 4.79 Å². The SMILES string of the molecule is Cc1cc(C)c(NC(=O)CSc2n[nH]c(C(C)C)n2)c(Cl)c1. The number of carbonyl (C=O) groups excluding carboxylic acids is 1. The van der Waals surface area contributed by atoms with Gasteiger partial charge in [-0.25, -0.2) is 4.98 Å². The molecule has 7 heteroatoms. The Labute approximate surface area is 139 Å². The Morgan fingerprint density at radius 2 is 2.14 bits per heavy atom. The molecule has 1 amide bonds. The standard InChI is InChI=1S/C15H19ClN4OS/c1-8(2)14-18-15(20-19-14)22-7-12(21)17-13-10(4)5-9(3)6-11(13)16/h5-6,8H,7H2,1-4H3,(H,17,21)(H,18,19,20). The zero-order chi connectivity index (χ0) is 16.3. The maximum Gasteiger partial charge on any atom is 0.234 e. The molecule has 0 radical (unpaired) electrons. The molecule has 0 spiro atoms. The van der Waals surface area contributed by atoms with E-state index in [4.69, 9.17) is 11.6 Å². The van der Waals surface area contributed by atoms with Gasteiger partial charge in [0.15, 0.2) is 0 Å². The molecule has 0 atom stereocenters. The van der Waals surface area contributed by atoms with E-state index in [0.29, 0.717) is 15.9 Å². The second kappa shape index (κ2) is 7.15. The van der Waals surface area contributed by atoms with Gasteiger partial charge < -0.3 is 5.32 Å². The highest BCUT2D eigenvalue weighted by molar-refractivity contribution is 7.99. The highest BCUT2D eigenvalue weighted by atomic mass is 35.5. The third kappa shape index (κ3) is 4.24. The molecule has 0 bridgehead atoms. The van der Waals surface area contributed by atoms with Crippen molar-refractivity contribution in [1.29, 1.82) is 0 Å². The number of anilines is 1. The second-order valence-electron chi connectivity index (χ2n) is 5.43. The van der Waals surface area contributed by atoms with Crippen molar-refractivity contribution in [2.45, 2.75) is 38.8 Å². The van der Waals surface area contributed by atoms with Gasteiger partial charge in [0.25, 0.3) is 0 Å². The molecule has 1 aromatic heterocycles. The maximum atomic E-state index is 12.1. The van der Waals surface area contributed by atoms with Crippen molar-refractivity contribution in [1.82, 2.24) is 15.2 Å². The molecule has 118 valence electrons. The Balaban J connectivity index is 1.96. The van der Waals surface area contributed by atoms with Gasteiger partial charge >= 0.3 is 0 Å². The van der Waals surface area contributed by atoms with Crippen LogP contribution in [0.4, 0.5) is 5.69 Å². The second-order valence-corrected chi connectivity index (χ2v) is 6.78. The van der Waals surface area contributed by atoms with Crippen molar-refractivity contribution >= 4 is 35.0 Å². The molecule has 2 N–H and O–H groups in total. The number of thioether (sulfide) groups is 1. The van der Waals surface area contributed by atoms with Gasteiger partial charge in [0.2, 0.25) is 11.1 Å². The van der Waals surface area contributed by atoms with Crippen molar-refractivity contribution in [3.63, 3.8) is 0 Å². The topological polar surface area (TPSA) is 70.7 Å². The molecule has 0 unspecified atom stereocenters. The van der Waals surface area contributed by atoms with Crippen molar-refractivity contribution in [3.8, 4) is 0 Å². The minimum Gasteiger partial charge on any atom is -0.324 e. The van der Waals surface area contributed by atoms with Gasteiger partial charge in [0.05, 0.1) is 16.5 Å². The summed E-state index contributed by atoms with van der Waals surface area (Å²) in [5.74, 6) is 1.21. The lowest BCUT2D eigenvalue weighted by atomic mass is 10.1. The summed E-state index contributed by atoms with van der Waals surface area (Å²) >= 11 is 7.48. The molecule has 0 fully saturated rings. The van der Waals surface area contributed by atoms with Crippen molar-refractivity contribution in [2.75, 3.05) is 11.1 Å². The molecule has 1 heterocycles. The normalized spacial score (nSPS) is 11.0. The van der Waals surface area contributed by atoms with Crippen LogP contribution in [0.5, 0.6) is 0 Å². The molecule has 0 saturated heterocycles. The van der Waals surface area contributed by atoms with Gasteiger partial charge in [-0.05, 0) is 31.0 Å². The number of halogens is 1. The summed E-state index contributed by atoms with van der Waals surface area (Å²) in [4.78, 5) is 16.4. The van der Waals surface area contributed by atoms with E-state index in [1.54, 1.807) is 0 Å². The third-order valence-corrected chi connectivity index (χ3v) is 4.20. The molecule has 22 heavy (non-hydrogen) atoms. The number of rotatable bonds is 5. The van der Waals surface area contributed by atoms with E-state index in [0.717, 1.165) is 17.0 Å². The number of nitrogens with one attached hydrogen (secondary N) is 2. The first-order chi connectivity index (χ1) is 10.4. The van der Waals surface area contributed by atoms with Crippen LogP contribution in [0, 0.1) is 13.8 Å². The third-order valence-electron chi connectivity index (χ3n) is 3.06. The summed E-state index contributed by atoms with van der Waals surface area (Å²) in [6, 6.07) is 3.82. The van der Waals surface area contributed by atoms with E-state index in [-0.39, 0.29) is 17.6 Å². The smallest absolute Gasteiger partial charge is 0.234 e. The highest BCUT2D eigenvalue weighted by Crippen LogP contribution is 2.27. The Morgan fingerprint density at radius 1 is 1.41 bits per heavy atom. The fourth-order valence-corrected chi connectivity index (χ4v) is 2.93. The van der Waals surface area contributed by atoms with Crippen LogP contribution in [0.1, 0.15) is 36.7 Å². The molecule has 2 rings (SSSR count). The zero-order valence-corrected chi connectivity index (χ0v) is 14.6. The van der Waals surface area contributed by atoms with Crippen LogP contribution in [-0.2, 0) is 4.79 Å². The van der Waals surface area contributed by atoms with Crippen LogP contribution in [-0.4, -0.2) is 26.8 Å². The number of carbonyl (C=O) groups is 1. The number of amides is 1. The molecule has 0 aliphatic rings. The van der Waals surface area contributed by atoms with Crippen LogP contribution in [0.2, 0.25) is 5.02 Å². The van der Waals surface area contributed by atoms with Gasteiger partial charge in [0.1, 0.15) is 5.82 Å². The fourth-order valence-electron chi connectivity index (χ4n) is 1.96. The Kier molecular flexibility index (Phi) is 5.47. The molecular formula is C15H19ClN4OS. The van der Waals surface area contributed by atoms with Crippen LogP contribution < -0.4 is 5.32 Å². The molecule has 2 aromatic rings. The molecule has 0 aliphatic carbocycles. The number of H-pyrrole nitrogens is 1. The van der Waals surface area contributed by atoms with Crippen LogP contribution in [0.25, 0.3) is 0 Å². The lowest BCUT2D eigenvalue weighted by Gasteiger charge is -2.11. The number of aryl methyl sites for hydroxylation is 2. The summed E-state index contributed by atoms with van der Waals surface area (Å²) in [6.07, 6.45) is 0. The van der Waals surface area contributed by atoms with Crippen LogP contribution in [0.15, 0.2) is 17.3 Å². The Hall–Kier alpha value is -1.53. The summed E-state index contributed by atoms with van der Waals surface area (Å²) in [5, 5.41) is 10.9. The number of benzene rings is 1. The van der Waals surface area contributed by atoms with Crippen molar-refractivity contribution in [3.05, 3.63) is 34.1 Å². The summed E-state index contributed by atoms with van der Waals surface area (Å²) < 4.78 is 0. The predicted molar refractivity (Wildman–Crippen MR) is 90.8 cm³/mol. The first-order valence-electron chi connectivity index (χ1n) is 6.98. The molecule has 0 saturated carbocycles. The van der Waals surface area contributed by atoms with E-state index in [1.165, 1.54) is 11.8 Å². The van der Waals surface area contributed by atoms with E-state index in [2.05, 4.69) is 20.5 Å². The first kappa shape index (κ1) is 16.8. The van der Waals surface area contributed by atoms with Gasteiger partial charge in [-0.3, -0.25) is 9.89 Å². The Morgan fingerprint density at radius 3 is 2.73 bits per heavy atom. The molecule has 0 aliphatic heterocycles. The summed E-state index contributed by atoms with van der Waals surface area (Å²) in [7, 11) is 0. The highest BCUT2D eigenvalue weighted by Gasteiger charge is 2.12. The van der Waals surface area contributed by atoms with Gasteiger partial charge in [-0.15, -0.1) is 5.10 Å². The number of aromatic nitrogens is 3. The predicted octanol–water partition coefficient (Wildman–Crippen LogP) is 3.93. The summed E-state index contributed by atoms with van der Waals surface area (Å²) in [6.45, 7) is 7.95. The van der Waals surface area contributed by atoms with E-state index in [1.807, 2.05) is 39.8 Å². The van der Waals surface area contributed by atoms with Crippen molar-refractivity contribution < 1.29 is 4.79 Å². The van der Waals surface area contributed by atoms with Crippen LogP contribution in [0.3, 0.4) is 0 Å². The summed E-state index contributed by atoms with van der Waals surface area (Å²) in [5.41, 5.74) is 2.68. The van der Waals surface area contributed by atoms with Gasteiger partial charge in [-0.2, -0.15) is 0 Å². The Bertz CT molecular complexity index is 661. The zero-order valence-electron chi connectivity index (χ0n) is 13.0. The minimum absolute atomic E-state index is 0.130. The van der Waals surface area contributed by atoms with Crippen molar-refractivity contribution in [2.24, 2.45) is 0 Å². The molecule has 5 nitrogen and oxygen atoms in total.